The third-order valence-corrected chi connectivity index (χ3v) is 4.57. The largest absolute Gasteiger partial charge is 0.480 e. The highest BCUT2D eigenvalue weighted by molar-refractivity contribution is 7.99. The van der Waals surface area contributed by atoms with E-state index in [0.717, 1.165) is 12.3 Å². The fraction of sp³-hybridized carbons (Fsp3) is 0.500. The number of carbonyl (C=O) groups is 1. The number of rotatable bonds is 5. The van der Waals surface area contributed by atoms with E-state index in [2.05, 4.69) is 29.6 Å². The van der Waals surface area contributed by atoms with E-state index < -0.39 is 12.0 Å². The van der Waals surface area contributed by atoms with Gasteiger partial charge in [0.1, 0.15) is 6.04 Å². The first-order chi connectivity index (χ1) is 8.59. The molecule has 3 nitrogen and oxygen atoms in total. The quantitative estimate of drug-likeness (QED) is 0.859. The molecule has 0 spiro atoms. The lowest BCUT2D eigenvalue weighted by Gasteiger charge is -2.20. The van der Waals surface area contributed by atoms with Gasteiger partial charge in [0, 0.05) is 23.1 Å². The standard InChI is InChI=1S/C14H19NO2S/c1-9(2)13(14(16)17)15-7-10-8-18-12-6-4-3-5-11(10)12/h3-6,9-10,13,15H,7-8H2,1-2H3,(H,16,17). The van der Waals surface area contributed by atoms with Crippen molar-refractivity contribution in [1.82, 2.24) is 5.32 Å². The van der Waals surface area contributed by atoms with Crippen molar-refractivity contribution in [1.29, 1.82) is 0 Å². The van der Waals surface area contributed by atoms with Gasteiger partial charge in [-0.3, -0.25) is 4.79 Å². The summed E-state index contributed by atoms with van der Waals surface area (Å²) in [6.45, 7) is 4.60. The van der Waals surface area contributed by atoms with Crippen molar-refractivity contribution in [3.63, 3.8) is 0 Å². The normalized spacial score (nSPS) is 19.8. The van der Waals surface area contributed by atoms with E-state index in [1.165, 1.54) is 10.5 Å². The molecule has 1 aliphatic rings. The van der Waals surface area contributed by atoms with Crippen LogP contribution >= 0.6 is 11.8 Å². The third-order valence-electron chi connectivity index (χ3n) is 3.32. The maximum atomic E-state index is 11.1. The van der Waals surface area contributed by atoms with Crippen LogP contribution in [-0.2, 0) is 4.79 Å². The highest BCUT2D eigenvalue weighted by Crippen LogP contribution is 2.38. The average Bonchev–Trinajstić information content (AvgIpc) is 2.72. The number of benzene rings is 1. The summed E-state index contributed by atoms with van der Waals surface area (Å²) in [5, 5.41) is 12.3. The number of thioether (sulfide) groups is 1. The van der Waals surface area contributed by atoms with Crippen molar-refractivity contribution in [2.75, 3.05) is 12.3 Å². The number of hydrogen-bond acceptors (Lipinski definition) is 3. The Morgan fingerprint density at radius 2 is 2.22 bits per heavy atom. The molecule has 0 amide bonds. The van der Waals surface area contributed by atoms with E-state index in [-0.39, 0.29) is 5.92 Å². The fourth-order valence-electron chi connectivity index (χ4n) is 2.28. The summed E-state index contributed by atoms with van der Waals surface area (Å²) in [7, 11) is 0. The number of carboxylic acid groups (broad SMARTS) is 1. The highest BCUT2D eigenvalue weighted by atomic mass is 32.2. The van der Waals surface area contributed by atoms with Gasteiger partial charge in [-0.2, -0.15) is 0 Å². The fourth-order valence-corrected chi connectivity index (χ4v) is 3.53. The molecule has 2 rings (SSSR count). The lowest BCUT2D eigenvalue weighted by molar-refractivity contribution is -0.140. The van der Waals surface area contributed by atoms with Crippen molar-refractivity contribution in [2.24, 2.45) is 5.92 Å². The van der Waals surface area contributed by atoms with Crippen LogP contribution in [0, 0.1) is 5.92 Å². The second-order valence-corrected chi connectivity index (χ2v) is 6.08. The molecule has 0 saturated heterocycles. The zero-order valence-corrected chi connectivity index (χ0v) is 11.5. The average molecular weight is 265 g/mol. The van der Waals surface area contributed by atoms with E-state index in [4.69, 9.17) is 5.11 Å². The first kappa shape index (κ1) is 13.4. The minimum absolute atomic E-state index is 0.104. The molecule has 0 aromatic heterocycles. The predicted octanol–water partition coefficient (Wildman–Crippen LogP) is 2.57. The molecule has 1 aromatic carbocycles. The lowest BCUT2D eigenvalue weighted by atomic mass is 9.99. The van der Waals surface area contributed by atoms with Crippen molar-refractivity contribution < 1.29 is 9.90 Å². The Bertz CT molecular complexity index is 434. The van der Waals surface area contributed by atoms with E-state index in [9.17, 15) is 4.79 Å². The van der Waals surface area contributed by atoms with Crippen molar-refractivity contribution in [2.45, 2.75) is 30.7 Å². The van der Waals surface area contributed by atoms with Gasteiger partial charge in [-0.25, -0.2) is 0 Å². The van der Waals surface area contributed by atoms with Gasteiger partial charge in [-0.15, -0.1) is 11.8 Å². The topological polar surface area (TPSA) is 49.3 Å². The van der Waals surface area contributed by atoms with E-state index in [1.807, 2.05) is 25.6 Å². The van der Waals surface area contributed by atoms with Gasteiger partial charge >= 0.3 is 5.97 Å². The molecule has 1 aliphatic heterocycles. The Morgan fingerprint density at radius 1 is 1.50 bits per heavy atom. The lowest BCUT2D eigenvalue weighted by Crippen LogP contribution is -2.42. The molecule has 0 fully saturated rings. The summed E-state index contributed by atoms with van der Waals surface area (Å²) in [5.74, 6) is 0.805. The van der Waals surface area contributed by atoms with Gasteiger partial charge < -0.3 is 10.4 Å². The van der Waals surface area contributed by atoms with Crippen molar-refractivity contribution in [3.8, 4) is 0 Å². The van der Waals surface area contributed by atoms with E-state index in [0.29, 0.717) is 5.92 Å². The maximum Gasteiger partial charge on any atom is 0.320 e. The van der Waals surface area contributed by atoms with Gasteiger partial charge in [0.05, 0.1) is 0 Å². The molecular weight excluding hydrogens is 246 g/mol. The zero-order valence-electron chi connectivity index (χ0n) is 10.7. The Balaban J connectivity index is 1.98. The van der Waals surface area contributed by atoms with Gasteiger partial charge in [0.2, 0.25) is 0 Å². The van der Waals surface area contributed by atoms with Crippen LogP contribution < -0.4 is 5.32 Å². The molecule has 1 aromatic rings. The minimum Gasteiger partial charge on any atom is -0.480 e. The number of nitrogens with one attached hydrogen (secondary N) is 1. The minimum atomic E-state index is -0.760. The molecule has 98 valence electrons. The van der Waals surface area contributed by atoms with Gasteiger partial charge in [-0.1, -0.05) is 32.0 Å². The molecule has 0 aliphatic carbocycles. The summed E-state index contributed by atoms with van der Waals surface area (Å²) >= 11 is 1.86. The van der Waals surface area contributed by atoms with Crippen LogP contribution in [0.3, 0.4) is 0 Å². The summed E-state index contributed by atoms with van der Waals surface area (Å²) in [5.41, 5.74) is 1.35. The van der Waals surface area contributed by atoms with E-state index in [1.54, 1.807) is 0 Å². The Labute approximate surface area is 112 Å². The Morgan fingerprint density at radius 3 is 2.89 bits per heavy atom. The van der Waals surface area contributed by atoms with Crippen LogP contribution in [0.5, 0.6) is 0 Å². The highest BCUT2D eigenvalue weighted by Gasteiger charge is 2.26. The molecule has 0 saturated carbocycles. The molecule has 1 heterocycles. The zero-order chi connectivity index (χ0) is 13.1. The maximum absolute atomic E-state index is 11.1. The van der Waals surface area contributed by atoms with Crippen molar-refractivity contribution >= 4 is 17.7 Å². The second-order valence-electron chi connectivity index (χ2n) is 5.01. The van der Waals surface area contributed by atoms with Crippen LogP contribution in [0.25, 0.3) is 0 Å². The molecule has 18 heavy (non-hydrogen) atoms. The third kappa shape index (κ3) is 2.87. The summed E-state index contributed by atoms with van der Waals surface area (Å²) < 4.78 is 0. The molecule has 0 bridgehead atoms. The molecule has 2 atom stereocenters. The molecule has 2 unspecified atom stereocenters. The first-order valence-electron chi connectivity index (χ1n) is 6.27. The van der Waals surface area contributed by atoms with Crippen LogP contribution in [0.15, 0.2) is 29.2 Å². The van der Waals surface area contributed by atoms with Gasteiger partial charge in [0.15, 0.2) is 0 Å². The Hall–Kier alpha value is -1.00. The number of aliphatic carboxylic acids is 1. The second kappa shape index (κ2) is 5.76. The summed E-state index contributed by atoms with van der Waals surface area (Å²) in [6, 6.07) is 7.93. The van der Waals surface area contributed by atoms with Crippen LogP contribution in [0.4, 0.5) is 0 Å². The molecule has 2 N–H and O–H groups in total. The monoisotopic (exact) mass is 265 g/mol. The smallest absolute Gasteiger partial charge is 0.320 e. The van der Waals surface area contributed by atoms with Crippen LogP contribution in [0.1, 0.15) is 25.3 Å². The summed E-state index contributed by atoms with van der Waals surface area (Å²) in [4.78, 5) is 12.5. The SMILES string of the molecule is CC(C)C(NCC1CSc2ccccc21)C(=O)O. The van der Waals surface area contributed by atoms with Crippen LogP contribution in [0.2, 0.25) is 0 Å². The predicted molar refractivity (Wildman–Crippen MR) is 74.2 cm³/mol. The molecular formula is C14H19NO2S. The van der Waals surface area contributed by atoms with Crippen LogP contribution in [-0.4, -0.2) is 29.4 Å². The van der Waals surface area contributed by atoms with Gasteiger partial charge in [0.25, 0.3) is 0 Å². The molecule has 4 heteroatoms. The van der Waals surface area contributed by atoms with Gasteiger partial charge in [-0.05, 0) is 17.5 Å². The van der Waals surface area contributed by atoms with E-state index >= 15 is 0 Å². The molecule has 0 radical (unpaired) electrons. The number of fused-ring (bicyclic) bond motifs is 1. The number of carboxylic acids is 1. The van der Waals surface area contributed by atoms with Crippen molar-refractivity contribution in [3.05, 3.63) is 29.8 Å². The summed E-state index contributed by atoms with van der Waals surface area (Å²) in [6.07, 6.45) is 0. The number of hydrogen-bond donors (Lipinski definition) is 2. The first-order valence-corrected chi connectivity index (χ1v) is 7.26. The Kier molecular flexibility index (Phi) is 4.30.